The summed E-state index contributed by atoms with van der Waals surface area (Å²) >= 11 is 0. The predicted octanol–water partition coefficient (Wildman–Crippen LogP) is 3.58. The number of hydrogen-bond acceptors (Lipinski definition) is 4. The number of rotatable bonds is 4. The molecule has 2 heterocycles. The smallest absolute Gasteiger partial charge is 0.409 e. The maximum absolute atomic E-state index is 11.9. The third-order valence-corrected chi connectivity index (χ3v) is 5.72. The lowest BCUT2D eigenvalue weighted by molar-refractivity contribution is 0.0268. The van der Waals surface area contributed by atoms with Crippen molar-refractivity contribution in [3.05, 3.63) is 47.5 Å². The lowest BCUT2D eigenvalue weighted by Crippen LogP contribution is -2.46. The molecule has 0 radical (unpaired) electrons. The van der Waals surface area contributed by atoms with E-state index in [1.165, 1.54) is 31.1 Å². The molecule has 3 rings (SSSR count). The van der Waals surface area contributed by atoms with Crippen LogP contribution in [0.3, 0.4) is 0 Å². The van der Waals surface area contributed by atoms with Crippen molar-refractivity contribution < 1.29 is 14.6 Å². The highest BCUT2D eigenvalue weighted by Gasteiger charge is 2.30. The number of methoxy groups -OCH3 is 1. The van der Waals surface area contributed by atoms with E-state index < -0.39 is 0 Å². The molecule has 5 nitrogen and oxygen atoms in total. The van der Waals surface area contributed by atoms with Crippen LogP contribution in [0.1, 0.15) is 44.1 Å². The number of likely N-dealkylation sites (tertiary alicyclic amines) is 1. The molecule has 0 bridgehead atoms. The fourth-order valence-electron chi connectivity index (χ4n) is 4.24. The highest BCUT2D eigenvalue weighted by atomic mass is 16.5. The van der Waals surface area contributed by atoms with Crippen molar-refractivity contribution in [2.75, 3.05) is 26.7 Å². The van der Waals surface area contributed by atoms with Crippen LogP contribution in [0.15, 0.2) is 42.0 Å². The van der Waals surface area contributed by atoms with Gasteiger partial charge in [-0.25, -0.2) is 4.79 Å². The minimum absolute atomic E-state index is 0.0920. The van der Waals surface area contributed by atoms with Crippen LogP contribution in [0, 0.1) is 0 Å². The van der Waals surface area contributed by atoms with Gasteiger partial charge in [-0.1, -0.05) is 54.8 Å². The Labute approximate surface area is 162 Å². The predicted molar refractivity (Wildman–Crippen MR) is 106 cm³/mol. The molecule has 1 N–H and O–H groups in total. The van der Waals surface area contributed by atoms with Crippen LogP contribution in [0.2, 0.25) is 0 Å². The Bertz CT molecular complexity index is 632. The quantitative estimate of drug-likeness (QED) is 0.821. The molecule has 0 aromatic heterocycles. The molecule has 1 aromatic carbocycles. The topological polar surface area (TPSA) is 53.0 Å². The zero-order chi connectivity index (χ0) is 19.1. The van der Waals surface area contributed by atoms with Gasteiger partial charge in [0, 0.05) is 25.7 Å². The van der Waals surface area contributed by atoms with E-state index in [0.717, 1.165) is 38.8 Å². The van der Waals surface area contributed by atoms with E-state index in [4.69, 9.17) is 4.74 Å². The van der Waals surface area contributed by atoms with Gasteiger partial charge in [0.05, 0.1) is 13.2 Å². The summed E-state index contributed by atoms with van der Waals surface area (Å²) in [6.07, 6.45) is 7.59. The fourth-order valence-corrected chi connectivity index (χ4v) is 4.24. The molecule has 0 saturated carbocycles. The number of amides is 1. The Hall–Kier alpha value is -1.85. The second-order valence-electron chi connectivity index (χ2n) is 7.69. The molecule has 2 aliphatic rings. The van der Waals surface area contributed by atoms with Crippen molar-refractivity contribution in [2.45, 2.75) is 57.2 Å². The molecular weight excluding hydrogens is 340 g/mol. The zero-order valence-corrected chi connectivity index (χ0v) is 16.3. The summed E-state index contributed by atoms with van der Waals surface area (Å²) in [5.74, 6) is 0. The number of benzene rings is 1. The van der Waals surface area contributed by atoms with E-state index >= 15 is 0 Å². The summed E-state index contributed by atoms with van der Waals surface area (Å²) in [4.78, 5) is 16.1. The average Bonchev–Trinajstić information content (AvgIpc) is 2.70. The van der Waals surface area contributed by atoms with Gasteiger partial charge < -0.3 is 14.7 Å². The van der Waals surface area contributed by atoms with Crippen molar-refractivity contribution in [3.8, 4) is 0 Å². The lowest BCUT2D eigenvalue weighted by Gasteiger charge is -2.38. The Morgan fingerprint density at radius 1 is 1.19 bits per heavy atom. The Morgan fingerprint density at radius 3 is 2.78 bits per heavy atom. The van der Waals surface area contributed by atoms with Gasteiger partial charge >= 0.3 is 6.09 Å². The molecule has 2 atom stereocenters. The van der Waals surface area contributed by atoms with Crippen LogP contribution in [0.25, 0.3) is 0 Å². The minimum Gasteiger partial charge on any atom is -0.453 e. The van der Waals surface area contributed by atoms with Gasteiger partial charge in [-0.3, -0.25) is 4.90 Å². The van der Waals surface area contributed by atoms with Gasteiger partial charge in [-0.2, -0.15) is 0 Å². The van der Waals surface area contributed by atoms with Crippen LogP contribution in [0.4, 0.5) is 4.79 Å². The van der Waals surface area contributed by atoms with Crippen LogP contribution in [0.5, 0.6) is 0 Å². The molecule has 1 aromatic rings. The molecule has 0 unspecified atom stereocenters. The van der Waals surface area contributed by atoms with Crippen molar-refractivity contribution in [2.24, 2.45) is 0 Å². The van der Waals surface area contributed by atoms with E-state index in [9.17, 15) is 9.90 Å². The number of carbonyl (C=O) groups is 1. The normalized spacial score (nSPS) is 24.7. The number of aliphatic hydroxyl groups excluding tert-OH is 1. The van der Waals surface area contributed by atoms with Gasteiger partial charge in [0.2, 0.25) is 0 Å². The first-order valence-electron chi connectivity index (χ1n) is 10.1. The molecule has 148 valence electrons. The molecule has 2 aliphatic heterocycles. The van der Waals surface area contributed by atoms with Crippen molar-refractivity contribution in [1.82, 2.24) is 9.80 Å². The van der Waals surface area contributed by atoms with E-state index in [1.54, 1.807) is 4.90 Å². The van der Waals surface area contributed by atoms with Gasteiger partial charge in [0.1, 0.15) is 0 Å². The van der Waals surface area contributed by atoms with Gasteiger partial charge in [0.25, 0.3) is 0 Å². The minimum atomic E-state index is -0.330. The Kier molecular flexibility index (Phi) is 7.30. The number of aliphatic hydroxyl groups is 1. The van der Waals surface area contributed by atoms with Crippen LogP contribution in [-0.4, -0.2) is 59.9 Å². The molecule has 5 heteroatoms. The maximum Gasteiger partial charge on any atom is 0.409 e. The molecule has 0 spiro atoms. The summed E-state index contributed by atoms with van der Waals surface area (Å²) in [7, 11) is 1.43. The molecular formula is C22H32N2O3. The van der Waals surface area contributed by atoms with Crippen molar-refractivity contribution >= 4 is 6.09 Å². The van der Waals surface area contributed by atoms with Crippen LogP contribution >= 0.6 is 0 Å². The first-order chi connectivity index (χ1) is 13.2. The van der Waals surface area contributed by atoms with E-state index in [-0.39, 0.29) is 18.2 Å². The molecule has 27 heavy (non-hydrogen) atoms. The SMILES string of the molecule is COC(=O)N1CCC=C(C[C@@H]2[C@H](O)CCCCCN2Cc2ccccc2)C1. The second kappa shape index (κ2) is 9.90. The standard InChI is InChI=1S/C22H32N2O3/c1-27-22(26)24-14-8-11-19(17-24)15-20-21(25)12-6-3-7-13-23(20)16-18-9-4-2-5-10-18/h2,4-5,9-11,20-21,25H,3,6-8,12-17H2,1H3/t20-,21-/m1/s1. The third kappa shape index (κ3) is 5.56. The van der Waals surface area contributed by atoms with Crippen LogP contribution in [-0.2, 0) is 11.3 Å². The monoisotopic (exact) mass is 372 g/mol. The van der Waals surface area contributed by atoms with Crippen molar-refractivity contribution in [1.29, 1.82) is 0 Å². The number of ether oxygens (including phenoxy) is 1. The summed E-state index contributed by atoms with van der Waals surface area (Å²) in [5, 5.41) is 10.9. The average molecular weight is 373 g/mol. The molecule has 0 aliphatic carbocycles. The lowest BCUT2D eigenvalue weighted by atomic mass is 9.91. The Morgan fingerprint density at radius 2 is 2.00 bits per heavy atom. The number of carbonyl (C=O) groups excluding carboxylic acids is 1. The van der Waals surface area contributed by atoms with Crippen molar-refractivity contribution in [3.63, 3.8) is 0 Å². The first-order valence-corrected chi connectivity index (χ1v) is 10.1. The number of hydrogen-bond donors (Lipinski definition) is 1. The summed E-state index contributed by atoms with van der Waals surface area (Å²) in [6.45, 7) is 3.17. The van der Waals surface area contributed by atoms with E-state index in [1.807, 2.05) is 6.07 Å². The Balaban J connectivity index is 1.72. The summed E-state index contributed by atoms with van der Waals surface area (Å²) < 4.78 is 4.89. The largest absolute Gasteiger partial charge is 0.453 e. The van der Waals surface area contributed by atoms with E-state index in [2.05, 4.69) is 35.2 Å². The maximum atomic E-state index is 11.9. The molecule has 1 fully saturated rings. The summed E-state index contributed by atoms with van der Waals surface area (Å²) in [5.41, 5.74) is 2.51. The molecule has 1 saturated heterocycles. The van der Waals surface area contributed by atoms with Gasteiger partial charge in [-0.05, 0) is 37.8 Å². The van der Waals surface area contributed by atoms with Crippen LogP contribution < -0.4 is 0 Å². The fraction of sp³-hybridized carbons (Fsp3) is 0.591. The highest BCUT2D eigenvalue weighted by molar-refractivity contribution is 5.68. The van der Waals surface area contributed by atoms with E-state index in [0.29, 0.717) is 13.1 Å². The van der Waals surface area contributed by atoms with Gasteiger partial charge in [0.15, 0.2) is 0 Å². The zero-order valence-electron chi connectivity index (χ0n) is 16.3. The second-order valence-corrected chi connectivity index (χ2v) is 7.69. The number of nitrogens with zero attached hydrogens (tertiary/aromatic N) is 2. The third-order valence-electron chi connectivity index (χ3n) is 5.72. The highest BCUT2D eigenvalue weighted by Crippen LogP contribution is 2.26. The molecule has 1 amide bonds. The first kappa shape index (κ1) is 19.9. The van der Waals surface area contributed by atoms with Gasteiger partial charge in [-0.15, -0.1) is 0 Å². The summed E-state index contributed by atoms with van der Waals surface area (Å²) in [6, 6.07) is 10.6.